The molecule has 1 amide bonds. The molecule has 2 aromatic rings. The lowest BCUT2D eigenvalue weighted by atomic mass is 10.2. The number of hydrogen-bond acceptors (Lipinski definition) is 3. The van der Waals surface area contributed by atoms with Crippen molar-refractivity contribution in [2.75, 3.05) is 11.9 Å². The van der Waals surface area contributed by atoms with Crippen molar-refractivity contribution in [3.8, 4) is 11.8 Å². The lowest BCUT2D eigenvalue weighted by Crippen LogP contribution is -2.20. The van der Waals surface area contributed by atoms with Gasteiger partial charge < -0.3 is 10.1 Å². The fraction of sp³-hybridized carbons (Fsp3) is 0.0667. The summed E-state index contributed by atoms with van der Waals surface area (Å²) < 4.78 is 18.2. The Morgan fingerprint density at radius 3 is 2.86 bits per heavy atom. The number of nitriles is 1. The molecular weight excluding hydrogens is 295 g/mol. The van der Waals surface area contributed by atoms with E-state index in [0.29, 0.717) is 10.8 Å². The van der Waals surface area contributed by atoms with Gasteiger partial charge in [0.15, 0.2) is 6.61 Å². The first-order valence-corrected chi connectivity index (χ1v) is 6.34. The molecule has 0 atom stereocenters. The molecule has 2 aromatic carbocycles. The van der Waals surface area contributed by atoms with E-state index < -0.39 is 11.7 Å². The largest absolute Gasteiger partial charge is 0.484 e. The lowest BCUT2D eigenvalue weighted by molar-refractivity contribution is -0.118. The van der Waals surface area contributed by atoms with E-state index in [4.69, 9.17) is 21.6 Å². The molecule has 1 N–H and O–H groups in total. The minimum atomic E-state index is -0.542. The van der Waals surface area contributed by atoms with Crippen molar-refractivity contribution in [3.05, 3.63) is 58.9 Å². The summed E-state index contributed by atoms with van der Waals surface area (Å²) in [7, 11) is 0. The fourth-order valence-electron chi connectivity index (χ4n) is 1.61. The third-order valence-corrected chi connectivity index (χ3v) is 2.78. The first-order valence-electron chi connectivity index (χ1n) is 5.96. The van der Waals surface area contributed by atoms with Gasteiger partial charge in [-0.15, -0.1) is 0 Å². The lowest BCUT2D eigenvalue weighted by Gasteiger charge is -2.09. The van der Waals surface area contributed by atoms with Crippen LogP contribution in [0.3, 0.4) is 0 Å². The zero-order valence-corrected chi connectivity index (χ0v) is 11.5. The molecular formula is C15H10ClFN2O2. The van der Waals surface area contributed by atoms with Gasteiger partial charge in [0.1, 0.15) is 17.6 Å². The standard InChI is InChI=1S/C15H10ClFN2O2/c16-11-2-1-3-13(7-11)21-9-15(20)19-14-5-4-12(17)6-10(14)8-18/h1-7H,9H2,(H,19,20). The van der Waals surface area contributed by atoms with Crippen LogP contribution in [-0.2, 0) is 4.79 Å². The summed E-state index contributed by atoms with van der Waals surface area (Å²) >= 11 is 5.79. The molecule has 2 rings (SSSR count). The van der Waals surface area contributed by atoms with Gasteiger partial charge in [-0.3, -0.25) is 4.79 Å². The molecule has 0 saturated heterocycles. The number of anilines is 1. The SMILES string of the molecule is N#Cc1cc(F)ccc1NC(=O)COc1cccc(Cl)c1. The van der Waals surface area contributed by atoms with Gasteiger partial charge in [-0.25, -0.2) is 4.39 Å². The molecule has 0 aliphatic rings. The highest BCUT2D eigenvalue weighted by Gasteiger charge is 2.08. The van der Waals surface area contributed by atoms with E-state index in [9.17, 15) is 9.18 Å². The van der Waals surface area contributed by atoms with Gasteiger partial charge in [0, 0.05) is 5.02 Å². The van der Waals surface area contributed by atoms with Crippen molar-refractivity contribution in [2.24, 2.45) is 0 Å². The number of ether oxygens (including phenoxy) is 1. The summed E-state index contributed by atoms with van der Waals surface area (Å²) in [5.41, 5.74) is 0.282. The van der Waals surface area contributed by atoms with Crippen molar-refractivity contribution in [2.45, 2.75) is 0 Å². The summed E-state index contributed by atoms with van der Waals surface area (Å²) in [5.74, 6) is -0.546. The van der Waals surface area contributed by atoms with Crippen molar-refractivity contribution in [3.63, 3.8) is 0 Å². The number of amides is 1. The fourth-order valence-corrected chi connectivity index (χ4v) is 1.79. The number of nitrogens with zero attached hydrogens (tertiary/aromatic N) is 1. The minimum absolute atomic E-state index is 0.0473. The van der Waals surface area contributed by atoms with Crippen LogP contribution in [0.25, 0.3) is 0 Å². The first kappa shape index (κ1) is 14.8. The Balaban J connectivity index is 1.98. The average molecular weight is 305 g/mol. The van der Waals surface area contributed by atoms with Gasteiger partial charge in [0.2, 0.25) is 0 Å². The van der Waals surface area contributed by atoms with E-state index in [1.165, 1.54) is 6.07 Å². The number of carbonyl (C=O) groups excluding carboxylic acids is 1. The van der Waals surface area contributed by atoms with Crippen LogP contribution < -0.4 is 10.1 Å². The summed E-state index contributed by atoms with van der Waals surface area (Å²) in [6.45, 7) is -0.247. The second-order valence-electron chi connectivity index (χ2n) is 4.10. The van der Waals surface area contributed by atoms with Crippen LogP contribution in [0.1, 0.15) is 5.56 Å². The Kier molecular flexibility index (Phi) is 4.75. The maximum Gasteiger partial charge on any atom is 0.262 e. The number of nitrogens with one attached hydrogen (secondary N) is 1. The Morgan fingerprint density at radius 1 is 1.33 bits per heavy atom. The molecule has 0 aliphatic carbocycles. The first-order chi connectivity index (χ1) is 10.1. The highest BCUT2D eigenvalue weighted by molar-refractivity contribution is 6.30. The average Bonchev–Trinajstić information content (AvgIpc) is 2.47. The molecule has 0 saturated carbocycles. The van der Waals surface area contributed by atoms with E-state index in [-0.39, 0.29) is 17.9 Å². The van der Waals surface area contributed by atoms with Crippen molar-refractivity contribution in [1.29, 1.82) is 5.26 Å². The highest BCUT2D eigenvalue weighted by atomic mass is 35.5. The molecule has 0 spiro atoms. The number of hydrogen-bond donors (Lipinski definition) is 1. The smallest absolute Gasteiger partial charge is 0.262 e. The normalized spacial score (nSPS) is 9.76. The molecule has 0 fully saturated rings. The van der Waals surface area contributed by atoms with Gasteiger partial charge in [0.25, 0.3) is 5.91 Å². The van der Waals surface area contributed by atoms with Crippen molar-refractivity contribution in [1.82, 2.24) is 0 Å². The number of halogens is 2. The van der Waals surface area contributed by atoms with Crippen LogP contribution in [-0.4, -0.2) is 12.5 Å². The number of rotatable bonds is 4. The molecule has 0 heterocycles. The van der Waals surface area contributed by atoms with Crippen LogP contribution in [0.5, 0.6) is 5.75 Å². The van der Waals surface area contributed by atoms with E-state index >= 15 is 0 Å². The predicted octanol–water partition coefficient (Wildman–Crippen LogP) is 3.37. The third kappa shape index (κ3) is 4.20. The second kappa shape index (κ2) is 6.73. The molecule has 0 aromatic heterocycles. The van der Waals surface area contributed by atoms with E-state index in [2.05, 4.69) is 5.32 Å². The molecule has 21 heavy (non-hydrogen) atoms. The van der Waals surface area contributed by atoms with Gasteiger partial charge in [-0.1, -0.05) is 17.7 Å². The molecule has 6 heteroatoms. The summed E-state index contributed by atoms with van der Waals surface area (Å²) in [5, 5.41) is 11.9. The zero-order valence-electron chi connectivity index (χ0n) is 10.8. The van der Waals surface area contributed by atoms with Crippen LogP contribution in [0.4, 0.5) is 10.1 Å². The van der Waals surface area contributed by atoms with Gasteiger partial charge in [0.05, 0.1) is 11.3 Å². The van der Waals surface area contributed by atoms with E-state index in [0.717, 1.165) is 12.1 Å². The molecule has 0 unspecified atom stereocenters. The van der Waals surface area contributed by atoms with Crippen LogP contribution in [0.2, 0.25) is 5.02 Å². The van der Waals surface area contributed by atoms with E-state index in [1.54, 1.807) is 24.3 Å². The summed E-state index contributed by atoms with van der Waals surface area (Å²) in [6.07, 6.45) is 0. The van der Waals surface area contributed by atoms with Crippen LogP contribution in [0.15, 0.2) is 42.5 Å². The van der Waals surface area contributed by atoms with Gasteiger partial charge >= 0.3 is 0 Å². The number of benzene rings is 2. The van der Waals surface area contributed by atoms with Crippen molar-refractivity contribution >= 4 is 23.2 Å². The Hall–Kier alpha value is -2.58. The second-order valence-corrected chi connectivity index (χ2v) is 4.53. The van der Waals surface area contributed by atoms with Crippen molar-refractivity contribution < 1.29 is 13.9 Å². The van der Waals surface area contributed by atoms with Gasteiger partial charge in [-0.2, -0.15) is 5.26 Å². The quantitative estimate of drug-likeness (QED) is 0.942. The van der Waals surface area contributed by atoms with Gasteiger partial charge in [-0.05, 0) is 36.4 Å². The summed E-state index contributed by atoms with van der Waals surface area (Å²) in [6, 6.07) is 12.0. The maximum atomic E-state index is 13.0. The topological polar surface area (TPSA) is 62.1 Å². The monoisotopic (exact) mass is 304 g/mol. The summed E-state index contributed by atoms with van der Waals surface area (Å²) in [4.78, 5) is 11.8. The Bertz CT molecular complexity index is 713. The zero-order chi connectivity index (χ0) is 15.2. The third-order valence-electron chi connectivity index (χ3n) is 2.54. The molecule has 4 nitrogen and oxygen atoms in total. The minimum Gasteiger partial charge on any atom is -0.484 e. The Morgan fingerprint density at radius 2 is 2.14 bits per heavy atom. The predicted molar refractivity (Wildman–Crippen MR) is 76.7 cm³/mol. The molecule has 0 aliphatic heterocycles. The van der Waals surface area contributed by atoms with E-state index in [1.807, 2.05) is 6.07 Å². The highest BCUT2D eigenvalue weighted by Crippen LogP contribution is 2.18. The maximum absolute atomic E-state index is 13.0. The number of carbonyl (C=O) groups is 1. The molecule has 106 valence electrons. The molecule has 0 radical (unpaired) electrons. The Labute approximate surface area is 125 Å². The van der Waals surface area contributed by atoms with Crippen LogP contribution >= 0.6 is 11.6 Å². The van der Waals surface area contributed by atoms with Crippen LogP contribution in [0, 0.1) is 17.1 Å². The molecule has 0 bridgehead atoms.